The summed E-state index contributed by atoms with van der Waals surface area (Å²) in [6.45, 7) is 3.99. The summed E-state index contributed by atoms with van der Waals surface area (Å²) in [5.41, 5.74) is 1.08. The van der Waals surface area contributed by atoms with Crippen molar-refractivity contribution < 1.29 is 15.0 Å². The topological polar surface area (TPSA) is 69.6 Å². The Morgan fingerprint density at radius 2 is 2.06 bits per heavy atom. The van der Waals surface area contributed by atoms with Crippen LogP contribution in [0.25, 0.3) is 0 Å². The first-order valence-corrected chi connectivity index (χ1v) is 5.84. The van der Waals surface area contributed by atoms with E-state index >= 15 is 0 Å². The van der Waals surface area contributed by atoms with E-state index in [9.17, 15) is 15.0 Å². The molecular weight excluding hydrogens is 218 g/mol. The van der Waals surface area contributed by atoms with Crippen LogP contribution in [0.5, 0.6) is 11.5 Å². The molecule has 1 atom stereocenters. The summed E-state index contributed by atoms with van der Waals surface area (Å²) in [4.78, 5) is 12.2. The van der Waals surface area contributed by atoms with Crippen molar-refractivity contribution >= 4 is 5.78 Å². The van der Waals surface area contributed by atoms with E-state index in [0.717, 1.165) is 0 Å². The molecule has 17 heavy (non-hydrogen) atoms. The predicted octanol–water partition coefficient (Wildman–Crippen LogP) is 1.59. The van der Waals surface area contributed by atoms with Crippen molar-refractivity contribution in [1.29, 1.82) is 0 Å². The van der Waals surface area contributed by atoms with Gasteiger partial charge in [-0.15, -0.1) is 0 Å². The van der Waals surface area contributed by atoms with Crippen molar-refractivity contribution in [3.8, 4) is 11.5 Å². The average molecular weight is 235 g/mol. The lowest BCUT2D eigenvalue weighted by molar-refractivity contribution is 0.0921. The molecule has 92 valence electrons. The maximum Gasteiger partial charge on any atom is 0.180 e. The molecule has 0 saturated carbocycles. The van der Waals surface area contributed by atoms with Gasteiger partial charge in [-0.25, -0.2) is 0 Å². The van der Waals surface area contributed by atoms with Gasteiger partial charge in [0.1, 0.15) is 0 Å². The largest absolute Gasteiger partial charge is 0.504 e. The molecular formula is C13H17NO3. The number of hydrogen-bond donors (Lipinski definition) is 3. The molecule has 0 aromatic heterocycles. The van der Waals surface area contributed by atoms with Gasteiger partial charge in [-0.1, -0.05) is 13.8 Å². The molecule has 0 radical (unpaired) electrons. The van der Waals surface area contributed by atoms with Gasteiger partial charge in [0.15, 0.2) is 17.3 Å². The first-order chi connectivity index (χ1) is 8.00. The third-order valence-electron chi connectivity index (χ3n) is 3.06. The van der Waals surface area contributed by atoms with Gasteiger partial charge >= 0.3 is 0 Å². The number of rotatable bonds is 2. The van der Waals surface area contributed by atoms with Crippen molar-refractivity contribution in [2.75, 3.05) is 0 Å². The van der Waals surface area contributed by atoms with Crippen molar-refractivity contribution in [2.24, 2.45) is 0 Å². The number of Topliss-reactive ketones (excluding diaryl/α,β-unsaturated/α-hetero) is 1. The van der Waals surface area contributed by atoms with E-state index in [1.807, 2.05) is 13.8 Å². The Bertz CT molecular complexity index is 454. The predicted molar refractivity (Wildman–Crippen MR) is 64.5 cm³/mol. The van der Waals surface area contributed by atoms with Crippen LogP contribution in [-0.4, -0.2) is 28.1 Å². The average Bonchev–Trinajstić information content (AvgIpc) is 2.27. The van der Waals surface area contributed by atoms with E-state index in [0.29, 0.717) is 24.0 Å². The number of phenolic OH excluding ortho intramolecular Hbond substituents is 2. The molecule has 1 aliphatic carbocycles. The molecule has 1 aromatic carbocycles. The van der Waals surface area contributed by atoms with Gasteiger partial charge in [-0.3, -0.25) is 4.79 Å². The third kappa shape index (κ3) is 2.13. The minimum atomic E-state index is -0.188. The maximum absolute atomic E-state index is 12.2. The van der Waals surface area contributed by atoms with Crippen LogP contribution < -0.4 is 5.32 Å². The highest BCUT2D eigenvalue weighted by Crippen LogP contribution is 2.35. The SMILES string of the molecule is CC(C)NC1CCc2c(ccc(O)c2O)C1=O. The molecule has 0 aliphatic heterocycles. The fraction of sp³-hybridized carbons (Fsp3) is 0.462. The van der Waals surface area contributed by atoms with Crippen LogP contribution in [0.1, 0.15) is 36.2 Å². The number of benzene rings is 1. The van der Waals surface area contributed by atoms with Crippen LogP contribution in [0.3, 0.4) is 0 Å². The molecule has 1 aliphatic rings. The highest BCUT2D eigenvalue weighted by Gasteiger charge is 2.29. The van der Waals surface area contributed by atoms with Crippen molar-refractivity contribution in [3.05, 3.63) is 23.3 Å². The molecule has 0 fully saturated rings. The summed E-state index contributed by atoms with van der Waals surface area (Å²) in [5, 5.41) is 22.3. The normalized spacial score (nSPS) is 19.5. The van der Waals surface area contributed by atoms with E-state index in [1.165, 1.54) is 6.07 Å². The van der Waals surface area contributed by atoms with Gasteiger partial charge in [0.2, 0.25) is 0 Å². The van der Waals surface area contributed by atoms with Crippen LogP contribution in [-0.2, 0) is 6.42 Å². The Balaban J connectivity index is 2.34. The molecule has 0 amide bonds. The molecule has 2 rings (SSSR count). The molecule has 0 spiro atoms. The minimum absolute atomic E-state index is 0.00440. The van der Waals surface area contributed by atoms with E-state index in [4.69, 9.17) is 0 Å². The van der Waals surface area contributed by atoms with Crippen LogP contribution in [0, 0.1) is 0 Å². The standard InChI is InChI=1S/C13H17NO3/c1-7(2)14-10-5-3-9-8(12(10)16)4-6-11(15)13(9)17/h4,6-7,10,14-15,17H,3,5H2,1-2H3. The molecule has 1 unspecified atom stereocenters. The second-order valence-electron chi connectivity index (χ2n) is 4.74. The van der Waals surface area contributed by atoms with E-state index in [-0.39, 0.29) is 29.4 Å². The molecule has 0 bridgehead atoms. The highest BCUT2D eigenvalue weighted by molar-refractivity contribution is 6.03. The Morgan fingerprint density at radius 1 is 1.35 bits per heavy atom. The Labute approximate surface area is 100 Å². The Hall–Kier alpha value is -1.55. The van der Waals surface area contributed by atoms with Crippen molar-refractivity contribution in [2.45, 2.75) is 38.8 Å². The van der Waals surface area contributed by atoms with Gasteiger partial charge in [-0.2, -0.15) is 0 Å². The zero-order chi connectivity index (χ0) is 12.6. The van der Waals surface area contributed by atoms with Crippen LogP contribution in [0.2, 0.25) is 0 Å². The lowest BCUT2D eigenvalue weighted by atomic mass is 9.86. The fourth-order valence-electron chi connectivity index (χ4n) is 2.28. The van der Waals surface area contributed by atoms with Crippen molar-refractivity contribution in [3.63, 3.8) is 0 Å². The summed E-state index contributed by atoms with van der Waals surface area (Å²) in [6.07, 6.45) is 1.26. The first kappa shape index (κ1) is 11.9. The van der Waals surface area contributed by atoms with Crippen LogP contribution in [0.4, 0.5) is 0 Å². The highest BCUT2D eigenvalue weighted by atomic mass is 16.3. The summed E-state index contributed by atoms with van der Waals surface area (Å²) in [6, 6.07) is 3.01. The van der Waals surface area contributed by atoms with E-state index in [2.05, 4.69) is 5.32 Å². The fourth-order valence-corrected chi connectivity index (χ4v) is 2.28. The molecule has 3 N–H and O–H groups in total. The number of nitrogens with one attached hydrogen (secondary N) is 1. The van der Waals surface area contributed by atoms with Gasteiger partial charge < -0.3 is 15.5 Å². The molecule has 1 aromatic rings. The number of hydrogen-bond acceptors (Lipinski definition) is 4. The van der Waals surface area contributed by atoms with Crippen molar-refractivity contribution in [1.82, 2.24) is 5.32 Å². The van der Waals surface area contributed by atoms with Gasteiger partial charge in [0, 0.05) is 17.2 Å². The zero-order valence-corrected chi connectivity index (χ0v) is 10.0. The summed E-state index contributed by atoms with van der Waals surface area (Å²) >= 11 is 0. The quantitative estimate of drug-likeness (QED) is 0.681. The number of ketones is 1. The second-order valence-corrected chi connectivity index (χ2v) is 4.74. The monoisotopic (exact) mass is 235 g/mol. The van der Waals surface area contributed by atoms with Crippen LogP contribution in [0.15, 0.2) is 12.1 Å². The summed E-state index contributed by atoms with van der Waals surface area (Å²) < 4.78 is 0. The zero-order valence-electron chi connectivity index (χ0n) is 10.0. The number of fused-ring (bicyclic) bond motifs is 1. The number of carbonyl (C=O) groups excluding carboxylic acids is 1. The first-order valence-electron chi connectivity index (χ1n) is 5.84. The molecule has 4 nitrogen and oxygen atoms in total. The molecule has 0 heterocycles. The summed E-state index contributed by atoms with van der Waals surface area (Å²) in [5.74, 6) is -0.319. The van der Waals surface area contributed by atoms with Crippen LogP contribution >= 0.6 is 0 Å². The van der Waals surface area contributed by atoms with E-state index in [1.54, 1.807) is 6.07 Å². The van der Waals surface area contributed by atoms with E-state index < -0.39 is 0 Å². The Morgan fingerprint density at radius 3 is 2.71 bits per heavy atom. The number of aromatic hydroxyl groups is 2. The second kappa shape index (κ2) is 4.37. The van der Waals surface area contributed by atoms with Gasteiger partial charge in [0.25, 0.3) is 0 Å². The minimum Gasteiger partial charge on any atom is -0.504 e. The summed E-state index contributed by atoms with van der Waals surface area (Å²) in [7, 11) is 0. The Kier molecular flexibility index (Phi) is 3.07. The number of phenols is 2. The third-order valence-corrected chi connectivity index (χ3v) is 3.06. The van der Waals surface area contributed by atoms with Gasteiger partial charge in [0.05, 0.1) is 6.04 Å². The molecule has 0 saturated heterocycles. The smallest absolute Gasteiger partial charge is 0.180 e. The lowest BCUT2D eigenvalue weighted by Crippen LogP contribution is -2.43. The maximum atomic E-state index is 12.2. The lowest BCUT2D eigenvalue weighted by Gasteiger charge is -2.26. The molecule has 4 heteroatoms. The van der Waals surface area contributed by atoms with Gasteiger partial charge in [-0.05, 0) is 25.0 Å². The number of carbonyl (C=O) groups is 1.